The molecule has 0 radical (unpaired) electrons. The highest BCUT2D eigenvalue weighted by Gasteiger charge is 2.19. The van der Waals surface area contributed by atoms with Crippen LogP contribution in [-0.4, -0.2) is 18.5 Å². The fraction of sp³-hybridized carbons (Fsp3) is 0.333. The molecule has 0 bridgehead atoms. The van der Waals surface area contributed by atoms with Crippen LogP contribution in [0.3, 0.4) is 0 Å². The molecule has 12 heavy (non-hydrogen) atoms. The number of thioether (sulfide) groups is 1. The zero-order chi connectivity index (χ0) is 8.39. The van der Waals surface area contributed by atoms with Crippen molar-refractivity contribution in [2.24, 2.45) is 0 Å². The quantitative estimate of drug-likeness (QED) is 0.792. The highest BCUT2D eigenvalue weighted by Crippen LogP contribution is 2.32. The van der Waals surface area contributed by atoms with Crippen molar-refractivity contribution in [3.05, 3.63) is 28.7 Å². The minimum Gasteiger partial charge on any atom is -0.379 e. The standard InChI is InChI=1S/C9H9BrOS/c10-8-3-1-2-4-9(8)12-7-5-11-6-7/h1-4,7H,5-6H2. The van der Waals surface area contributed by atoms with Gasteiger partial charge in [0.05, 0.1) is 18.5 Å². The number of hydrogen-bond acceptors (Lipinski definition) is 2. The second-order valence-electron chi connectivity index (χ2n) is 2.71. The molecule has 2 rings (SSSR count). The van der Waals surface area contributed by atoms with Crippen molar-refractivity contribution < 1.29 is 4.74 Å². The summed E-state index contributed by atoms with van der Waals surface area (Å²) in [4.78, 5) is 1.31. The van der Waals surface area contributed by atoms with Gasteiger partial charge in [0.1, 0.15) is 0 Å². The Hall–Kier alpha value is 0.01000. The van der Waals surface area contributed by atoms with E-state index < -0.39 is 0 Å². The summed E-state index contributed by atoms with van der Waals surface area (Å²) in [6.07, 6.45) is 0. The van der Waals surface area contributed by atoms with Crippen molar-refractivity contribution in [3.8, 4) is 0 Å². The molecule has 64 valence electrons. The van der Waals surface area contributed by atoms with Gasteiger partial charge in [0, 0.05) is 9.37 Å². The van der Waals surface area contributed by atoms with E-state index in [0.29, 0.717) is 5.25 Å². The lowest BCUT2D eigenvalue weighted by Gasteiger charge is -2.25. The van der Waals surface area contributed by atoms with E-state index in [1.165, 1.54) is 9.37 Å². The van der Waals surface area contributed by atoms with Gasteiger partial charge in [-0.1, -0.05) is 12.1 Å². The molecular formula is C9H9BrOS. The first-order valence-corrected chi connectivity index (χ1v) is 5.52. The molecule has 0 spiro atoms. The van der Waals surface area contributed by atoms with E-state index in [1.54, 1.807) is 0 Å². The van der Waals surface area contributed by atoms with Gasteiger partial charge >= 0.3 is 0 Å². The second kappa shape index (κ2) is 3.81. The van der Waals surface area contributed by atoms with Gasteiger partial charge in [-0.05, 0) is 28.1 Å². The van der Waals surface area contributed by atoms with Crippen molar-refractivity contribution in [1.82, 2.24) is 0 Å². The summed E-state index contributed by atoms with van der Waals surface area (Å²) in [5.74, 6) is 0. The van der Waals surface area contributed by atoms with Gasteiger partial charge in [0.25, 0.3) is 0 Å². The van der Waals surface area contributed by atoms with Crippen LogP contribution in [0, 0.1) is 0 Å². The largest absolute Gasteiger partial charge is 0.379 e. The molecule has 1 saturated heterocycles. The summed E-state index contributed by atoms with van der Waals surface area (Å²) in [6, 6.07) is 8.30. The predicted octanol–water partition coefficient (Wildman–Crippen LogP) is 2.94. The Morgan fingerprint density at radius 3 is 2.67 bits per heavy atom. The van der Waals surface area contributed by atoms with E-state index >= 15 is 0 Å². The monoisotopic (exact) mass is 244 g/mol. The Morgan fingerprint density at radius 1 is 1.33 bits per heavy atom. The normalized spacial score (nSPS) is 17.4. The van der Waals surface area contributed by atoms with Crippen LogP contribution < -0.4 is 0 Å². The van der Waals surface area contributed by atoms with Gasteiger partial charge in [-0.2, -0.15) is 0 Å². The molecule has 1 aliphatic heterocycles. The third-order valence-corrected chi connectivity index (χ3v) is 3.91. The van der Waals surface area contributed by atoms with Crippen LogP contribution in [0.2, 0.25) is 0 Å². The number of benzene rings is 1. The van der Waals surface area contributed by atoms with Crippen molar-refractivity contribution in [2.45, 2.75) is 10.1 Å². The lowest BCUT2D eigenvalue weighted by atomic mass is 10.4. The molecule has 0 aliphatic carbocycles. The second-order valence-corrected chi connectivity index (χ2v) is 4.90. The minimum atomic E-state index is 0.656. The Balaban J connectivity index is 2.06. The van der Waals surface area contributed by atoms with Gasteiger partial charge in [-0.3, -0.25) is 0 Å². The van der Waals surface area contributed by atoms with E-state index in [-0.39, 0.29) is 0 Å². The maximum Gasteiger partial charge on any atom is 0.0611 e. The first kappa shape index (κ1) is 8.60. The molecule has 0 N–H and O–H groups in total. The van der Waals surface area contributed by atoms with E-state index in [2.05, 4.69) is 34.1 Å². The van der Waals surface area contributed by atoms with Crippen LogP contribution in [0.1, 0.15) is 0 Å². The average Bonchev–Trinajstić information content (AvgIpc) is 2.00. The summed E-state index contributed by atoms with van der Waals surface area (Å²) < 4.78 is 6.29. The van der Waals surface area contributed by atoms with Gasteiger partial charge < -0.3 is 4.74 Å². The SMILES string of the molecule is Brc1ccccc1SC1COC1. The Kier molecular flexibility index (Phi) is 2.73. The van der Waals surface area contributed by atoms with E-state index in [0.717, 1.165) is 13.2 Å². The average molecular weight is 245 g/mol. The molecule has 1 aliphatic rings. The number of hydrogen-bond donors (Lipinski definition) is 0. The number of rotatable bonds is 2. The van der Waals surface area contributed by atoms with Gasteiger partial charge in [-0.25, -0.2) is 0 Å². The molecule has 1 aromatic rings. The zero-order valence-corrected chi connectivity index (χ0v) is 8.90. The molecule has 1 aromatic carbocycles. The Morgan fingerprint density at radius 2 is 2.08 bits per heavy atom. The van der Waals surface area contributed by atoms with Gasteiger partial charge in [0.2, 0.25) is 0 Å². The third kappa shape index (κ3) is 1.84. The number of halogens is 1. The fourth-order valence-corrected chi connectivity index (χ4v) is 2.59. The zero-order valence-electron chi connectivity index (χ0n) is 6.50. The maximum atomic E-state index is 5.11. The van der Waals surface area contributed by atoms with E-state index in [4.69, 9.17) is 4.74 Å². The predicted molar refractivity (Wildman–Crippen MR) is 54.6 cm³/mol. The van der Waals surface area contributed by atoms with Gasteiger partial charge in [0.15, 0.2) is 0 Å². The minimum absolute atomic E-state index is 0.656. The molecule has 0 saturated carbocycles. The molecule has 0 aromatic heterocycles. The molecule has 3 heteroatoms. The van der Waals surface area contributed by atoms with Crippen LogP contribution in [-0.2, 0) is 4.74 Å². The summed E-state index contributed by atoms with van der Waals surface area (Å²) in [5, 5.41) is 0.656. The van der Waals surface area contributed by atoms with Crippen LogP contribution in [0.15, 0.2) is 33.6 Å². The fourth-order valence-electron chi connectivity index (χ4n) is 1.00. The summed E-state index contributed by atoms with van der Waals surface area (Å²) >= 11 is 5.40. The summed E-state index contributed by atoms with van der Waals surface area (Å²) in [5.41, 5.74) is 0. The van der Waals surface area contributed by atoms with Crippen molar-refractivity contribution in [3.63, 3.8) is 0 Å². The van der Waals surface area contributed by atoms with Crippen LogP contribution in [0.4, 0.5) is 0 Å². The van der Waals surface area contributed by atoms with Crippen molar-refractivity contribution >= 4 is 27.7 Å². The Labute approximate surface area is 84.6 Å². The lowest BCUT2D eigenvalue weighted by molar-refractivity contribution is 0.0455. The molecule has 0 amide bonds. The highest BCUT2D eigenvalue weighted by atomic mass is 79.9. The van der Waals surface area contributed by atoms with Crippen molar-refractivity contribution in [2.75, 3.05) is 13.2 Å². The van der Waals surface area contributed by atoms with Crippen molar-refractivity contribution in [1.29, 1.82) is 0 Å². The first-order valence-electron chi connectivity index (χ1n) is 3.85. The molecule has 0 unspecified atom stereocenters. The molecule has 1 heterocycles. The van der Waals surface area contributed by atoms with Gasteiger partial charge in [-0.15, -0.1) is 11.8 Å². The smallest absolute Gasteiger partial charge is 0.0611 e. The Bertz CT molecular complexity index is 273. The molecule has 0 atom stereocenters. The van der Waals surface area contributed by atoms with E-state index in [1.807, 2.05) is 17.8 Å². The topological polar surface area (TPSA) is 9.23 Å². The van der Waals surface area contributed by atoms with E-state index in [9.17, 15) is 0 Å². The maximum absolute atomic E-state index is 5.11. The van der Waals surface area contributed by atoms with Crippen LogP contribution >= 0.6 is 27.7 Å². The third-order valence-electron chi connectivity index (χ3n) is 1.74. The lowest BCUT2D eigenvalue weighted by Crippen LogP contribution is -2.30. The first-order chi connectivity index (χ1) is 5.86. The van der Waals surface area contributed by atoms with Crippen LogP contribution in [0.5, 0.6) is 0 Å². The van der Waals surface area contributed by atoms with Crippen LogP contribution in [0.25, 0.3) is 0 Å². The molecular weight excluding hydrogens is 236 g/mol. The summed E-state index contributed by atoms with van der Waals surface area (Å²) in [6.45, 7) is 1.79. The highest BCUT2D eigenvalue weighted by molar-refractivity contribution is 9.10. The molecule has 1 fully saturated rings. The molecule has 1 nitrogen and oxygen atoms in total. The summed E-state index contributed by atoms with van der Waals surface area (Å²) in [7, 11) is 0. The number of ether oxygens (including phenoxy) is 1.